The summed E-state index contributed by atoms with van der Waals surface area (Å²) in [6.45, 7) is 4.08. The molecule has 1 amide bonds. The second-order valence-corrected chi connectivity index (χ2v) is 6.89. The summed E-state index contributed by atoms with van der Waals surface area (Å²) < 4.78 is 23.3. The van der Waals surface area contributed by atoms with Crippen molar-refractivity contribution in [3.63, 3.8) is 0 Å². The second-order valence-electron chi connectivity index (χ2n) is 6.89. The molecule has 1 unspecified atom stereocenters. The Morgan fingerprint density at radius 1 is 1.04 bits per heavy atom. The molecule has 2 heterocycles. The third-order valence-corrected chi connectivity index (χ3v) is 4.98. The molecule has 1 atom stereocenters. The Labute approximate surface area is 165 Å². The predicted octanol–water partition coefficient (Wildman–Crippen LogP) is 3.30. The van der Waals surface area contributed by atoms with Crippen molar-refractivity contribution in [2.24, 2.45) is 0 Å². The minimum absolute atomic E-state index is 0.0253. The van der Waals surface area contributed by atoms with Crippen LogP contribution in [-0.2, 0) is 4.79 Å². The van der Waals surface area contributed by atoms with Crippen LogP contribution in [0, 0.1) is 0 Å². The fraction of sp³-hybridized carbons (Fsp3) is 0.409. The minimum Gasteiger partial charge on any atom is -0.490 e. The van der Waals surface area contributed by atoms with Gasteiger partial charge in [0.25, 0.3) is 5.91 Å². The molecule has 0 N–H and O–H groups in total. The minimum atomic E-state index is -0.592. The summed E-state index contributed by atoms with van der Waals surface area (Å²) in [5.41, 5.74) is 0. The first-order chi connectivity index (χ1) is 13.7. The zero-order chi connectivity index (χ0) is 19.3. The van der Waals surface area contributed by atoms with Gasteiger partial charge in [-0.05, 0) is 31.2 Å². The van der Waals surface area contributed by atoms with Gasteiger partial charge < -0.3 is 23.8 Å². The van der Waals surface area contributed by atoms with Gasteiger partial charge in [0.15, 0.2) is 23.0 Å². The monoisotopic (exact) mass is 383 g/mol. The average Bonchev–Trinajstić information content (AvgIpc) is 2.75. The van der Waals surface area contributed by atoms with Crippen LogP contribution in [0.1, 0.15) is 19.8 Å². The number of benzene rings is 2. The fourth-order valence-corrected chi connectivity index (χ4v) is 3.54. The van der Waals surface area contributed by atoms with Crippen LogP contribution in [0.4, 0.5) is 0 Å². The molecule has 2 aromatic carbocycles. The lowest BCUT2D eigenvalue weighted by molar-refractivity contribution is -0.143. The van der Waals surface area contributed by atoms with Crippen LogP contribution in [-0.4, -0.2) is 49.3 Å². The van der Waals surface area contributed by atoms with Crippen molar-refractivity contribution in [3.8, 4) is 23.0 Å². The molecular weight excluding hydrogens is 358 g/mol. The maximum atomic E-state index is 12.8. The SMILES string of the molecule is CCOc1ccccc1OC1CCN(C(=O)C2COc3ccccc3O2)CC1. The van der Waals surface area contributed by atoms with Crippen molar-refractivity contribution in [1.29, 1.82) is 0 Å². The van der Waals surface area contributed by atoms with Crippen LogP contribution in [0.3, 0.4) is 0 Å². The van der Waals surface area contributed by atoms with E-state index in [2.05, 4.69) is 0 Å². The highest BCUT2D eigenvalue weighted by molar-refractivity contribution is 5.82. The predicted molar refractivity (Wildman–Crippen MR) is 104 cm³/mol. The molecule has 0 saturated carbocycles. The molecule has 0 spiro atoms. The molecular formula is C22H25NO5. The molecule has 0 aliphatic carbocycles. The van der Waals surface area contributed by atoms with E-state index in [0.29, 0.717) is 31.2 Å². The van der Waals surface area contributed by atoms with Crippen molar-refractivity contribution in [2.45, 2.75) is 32.0 Å². The number of nitrogens with zero attached hydrogens (tertiary/aromatic N) is 1. The zero-order valence-electron chi connectivity index (χ0n) is 16.0. The highest BCUT2D eigenvalue weighted by Gasteiger charge is 2.33. The maximum absolute atomic E-state index is 12.8. The summed E-state index contributed by atoms with van der Waals surface area (Å²) in [4.78, 5) is 14.7. The normalized spacial score (nSPS) is 19.2. The molecule has 0 bridgehead atoms. The number of carbonyl (C=O) groups is 1. The summed E-state index contributed by atoms with van der Waals surface area (Å²) in [6.07, 6.45) is 1.02. The maximum Gasteiger partial charge on any atom is 0.267 e. The number of hydrogen-bond acceptors (Lipinski definition) is 5. The largest absolute Gasteiger partial charge is 0.490 e. The average molecular weight is 383 g/mol. The van der Waals surface area contributed by atoms with E-state index in [4.69, 9.17) is 18.9 Å². The first-order valence-corrected chi connectivity index (χ1v) is 9.80. The van der Waals surface area contributed by atoms with Gasteiger partial charge in [0.2, 0.25) is 6.10 Å². The van der Waals surface area contributed by atoms with Crippen LogP contribution in [0.5, 0.6) is 23.0 Å². The third kappa shape index (κ3) is 4.01. The fourth-order valence-electron chi connectivity index (χ4n) is 3.54. The van der Waals surface area contributed by atoms with E-state index in [1.54, 1.807) is 0 Å². The van der Waals surface area contributed by atoms with Crippen LogP contribution in [0.15, 0.2) is 48.5 Å². The number of piperidine rings is 1. The Morgan fingerprint density at radius 2 is 1.71 bits per heavy atom. The highest BCUT2D eigenvalue weighted by atomic mass is 16.6. The first kappa shape index (κ1) is 18.5. The third-order valence-electron chi connectivity index (χ3n) is 4.98. The molecule has 1 fully saturated rings. The molecule has 6 nitrogen and oxygen atoms in total. The zero-order valence-corrected chi connectivity index (χ0v) is 16.0. The number of ether oxygens (including phenoxy) is 4. The van der Waals surface area contributed by atoms with Gasteiger partial charge in [0, 0.05) is 25.9 Å². The number of fused-ring (bicyclic) bond motifs is 1. The lowest BCUT2D eigenvalue weighted by Gasteiger charge is -2.35. The first-order valence-electron chi connectivity index (χ1n) is 9.80. The molecule has 2 aliphatic rings. The number of likely N-dealkylation sites (tertiary alicyclic amines) is 1. The van der Waals surface area contributed by atoms with Crippen molar-refractivity contribution < 1.29 is 23.7 Å². The molecule has 148 valence electrons. The van der Waals surface area contributed by atoms with E-state index in [1.807, 2.05) is 60.4 Å². The molecule has 2 aliphatic heterocycles. The smallest absolute Gasteiger partial charge is 0.267 e. The quantitative estimate of drug-likeness (QED) is 0.793. The number of hydrogen-bond donors (Lipinski definition) is 0. The van der Waals surface area contributed by atoms with Gasteiger partial charge in [-0.25, -0.2) is 0 Å². The molecule has 28 heavy (non-hydrogen) atoms. The van der Waals surface area contributed by atoms with Gasteiger partial charge in [-0.3, -0.25) is 4.79 Å². The Morgan fingerprint density at radius 3 is 2.46 bits per heavy atom. The molecule has 4 rings (SSSR count). The number of amides is 1. The van der Waals surface area contributed by atoms with Crippen molar-refractivity contribution in [1.82, 2.24) is 4.90 Å². The Hall–Kier alpha value is -2.89. The van der Waals surface area contributed by atoms with Crippen molar-refractivity contribution in [2.75, 3.05) is 26.3 Å². The summed E-state index contributed by atoms with van der Waals surface area (Å²) in [7, 11) is 0. The van der Waals surface area contributed by atoms with Gasteiger partial charge in [-0.1, -0.05) is 24.3 Å². The van der Waals surface area contributed by atoms with E-state index < -0.39 is 6.10 Å². The van der Waals surface area contributed by atoms with Crippen molar-refractivity contribution in [3.05, 3.63) is 48.5 Å². The molecule has 1 saturated heterocycles. The van der Waals surface area contributed by atoms with Gasteiger partial charge in [0.05, 0.1) is 6.61 Å². The highest BCUT2D eigenvalue weighted by Crippen LogP contribution is 2.32. The van der Waals surface area contributed by atoms with Crippen LogP contribution in [0.25, 0.3) is 0 Å². The van der Waals surface area contributed by atoms with Crippen molar-refractivity contribution >= 4 is 5.91 Å². The summed E-state index contributed by atoms with van der Waals surface area (Å²) >= 11 is 0. The van der Waals surface area contributed by atoms with Gasteiger partial charge >= 0.3 is 0 Å². The van der Waals surface area contributed by atoms with E-state index >= 15 is 0 Å². The lowest BCUT2D eigenvalue weighted by Crippen LogP contribution is -2.50. The van der Waals surface area contributed by atoms with Gasteiger partial charge in [-0.2, -0.15) is 0 Å². The molecule has 0 aromatic heterocycles. The Balaban J connectivity index is 1.31. The number of carbonyl (C=O) groups excluding carboxylic acids is 1. The van der Waals surface area contributed by atoms with E-state index in [9.17, 15) is 4.79 Å². The molecule has 2 aromatic rings. The van der Waals surface area contributed by atoms with Crippen LogP contribution < -0.4 is 18.9 Å². The Bertz CT molecular complexity index is 816. The molecule has 0 radical (unpaired) electrons. The van der Waals surface area contributed by atoms with E-state index in [1.165, 1.54) is 0 Å². The summed E-state index contributed by atoms with van der Waals surface area (Å²) in [6, 6.07) is 15.1. The van der Waals surface area contributed by atoms with Gasteiger partial charge in [0.1, 0.15) is 12.7 Å². The number of para-hydroxylation sites is 4. The second kappa shape index (κ2) is 8.42. The van der Waals surface area contributed by atoms with Crippen LogP contribution >= 0.6 is 0 Å². The van der Waals surface area contributed by atoms with E-state index in [0.717, 1.165) is 24.3 Å². The lowest BCUT2D eigenvalue weighted by atomic mass is 10.1. The topological polar surface area (TPSA) is 57.2 Å². The van der Waals surface area contributed by atoms with Gasteiger partial charge in [-0.15, -0.1) is 0 Å². The Kier molecular flexibility index (Phi) is 5.55. The number of rotatable bonds is 5. The summed E-state index contributed by atoms with van der Waals surface area (Å²) in [5.74, 6) is 2.80. The van der Waals surface area contributed by atoms with Crippen LogP contribution in [0.2, 0.25) is 0 Å². The summed E-state index contributed by atoms with van der Waals surface area (Å²) in [5, 5.41) is 0. The van der Waals surface area contributed by atoms with E-state index in [-0.39, 0.29) is 18.6 Å². The standard InChI is InChI=1S/C22H25NO5/c1-2-25-17-7-3-5-9-19(17)27-16-11-13-23(14-12-16)22(24)21-15-26-18-8-4-6-10-20(18)28-21/h3-10,16,21H,2,11-15H2,1H3. The molecule has 6 heteroatoms.